The molecule has 1 aromatic rings. The maximum absolute atomic E-state index is 11.7. The van der Waals surface area contributed by atoms with Gasteiger partial charge in [-0.15, -0.1) is 0 Å². The fraction of sp³-hybridized carbons (Fsp3) is 0.556. The quantitative estimate of drug-likeness (QED) is 0.799. The zero-order chi connectivity index (χ0) is 12.2. The van der Waals surface area contributed by atoms with Gasteiger partial charge in [-0.05, 0) is 6.92 Å². The number of nitrogens with one attached hydrogen (secondary N) is 1. The fourth-order valence-electron chi connectivity index (χ4n) is 1.12. The van der Waals surface area contributed by atoms with Crippen LogP contribution < -0.4 is 5.56 Å². The Morgan fingerprint density at radius 2 is 2.19 bits per heavy atom. The van der Waals surface area contributed by atoms with Gasteiger partial charge in [0, 0.05) is 18.2 Å². The molecule has 0 saturated heterocycles. The van der Waals surface area contributed by atoms with Gasteiger partial charge in [0.25, 0.3) is 5.56 Å². The summed E-state index contributed by atoms with van der Waals surface area (Å²) >= 11 is 0. The Bertz CT molecular complexity index is 400. The molecule has 1 heterocycles. The van der Waals surface area contributed by atoms with Crippen LogP contribution in [-0.2, 0) is 11.2 Å². The minimum Gasteiger partial charge on any atom is -0.372 e. The van der Waals surface area contributed by atoms with Crippen LogP contribution in [-0.4, -0.2) is 29.4 Å². The molecule has 1 N–H and O–H groups in total. The highest BCUT2D eigenvalue weighted by Gasteiger charge is 2.27. The first-order valence-corrected chi connectivity index (χ1v) is 4.58. The molecule has 0 aliphatic heterocycles. The average Bonchev–Trinajstić information content (AvgIpc) is 2.09. The number of hydrogen-bond donors (Lipinski definition) is 1. The van der Waals surface area contributed by atoms with Gasteiger partial charge in [0.05, 0.1) is 6.61 Å². The lowest BCUT2D eigenvalue weighted by molar-refractivity contribution is -0.173. The van der Waals surface area contributed by atoms with Gasteiger partial charge in [-0.2, -0.15) is 13.2 Å². The topological polar surface area (TPSA) is 55.0 Å². The van der Waals surface area contributed by atoms with E-state index < -0.39 is 12.8 Å². The monoisotopic (exact) mass is 236 g/mol. The number of H-pyrrole nitrogens is 1. The number of nitrogens with zero attached hydrogens (tertiary/aromatic N) is 1. The summed E-state index contributed by atoms with van der Waals surface area (Å²) in [6.07, 6.45) is -4.18. The van der Waals surface area contributed by atoms with Crippen LogP contribution in [0.3, 0.4) is 0 Å². The number of aromatic nitrogens is 2. The molecule has 4 nitrogen and oxygen atoms in total. The summed E-state index contributed by atoms with van der Waals surface area (Å²) in [4.78, 5) is 17.4. The average molecular weight is 236 g/mol. The molecule has 0 aromatic carbocycles. The third-order valence-electron chi connectivity index (χ3n) is 1.67. The second-order valence-corrected chi connectivity index (χ2v) is 3.25. The zero-order valence-electron chi connectivity index (χ0n) is 8.60. The zero-order valence-corrected chi connectivity index (χ0v) is 8.60. The fourth-order valence-corrected chi connectivity index (χ4v) is 1.12. The molecule has 0 spiro atoms. The second kappa shape index (κ2) is 5.11. The summed E-state index contributed by atoms with van der Waals surface area (Å²) < 4.78 is 39.5. The number of aromatic amines is 1. The van der Waals surface area contributed by atoms with E-state index in [1.54, 1.807) is 6.92 Å². The lowest BCUT2D eigenvalue weighted by Gasteiger charge is -2.07. The molecule has 1 aromatic heterocycles. The Balaban J connectivity index is 2.40. The molecular weight excluding hydrogens is 225 g/mol. The van der Waals surface area contributed by atoms with Gasteiger partial charge >= 0.3 is 6.18 Å². The normalized spacial score (nSPS) is 11.8. The van der Waals surface area contributed by atoms with Gasteiger partial charge in [-0.1, -0.05) is 0 Å². The van der Waals surface area contributed by atoms with Crippen molar-refractivity contribution < 1.29 is 17.9 Å². The molecule has 0 aliphatic carbocycles. The third kappa shape index (κ3) is 4.92. The summed E-state index contributed by atoms with van der Waals surface area (Å²) in [5, 5.41) is 0. The molecule has 7 heteroatoms. The molecule has 0 unspecified atom stereocenters. The first kappa shape index (κ1) is 12.7. The van der Waals surface area contributed by atoms with Gasteiger partial charge in [0.2, 0.25) is 0 Å². The molecule has 16 heavy (non-hydrogen) atoms. The van der Waals surface area contributed by atoms with Gasteiger partial charge in [-0.3, -0.25) is 4.79 Å². The van der Waals surface area contributed by atoms with Crippen LogP contribution in [0.2, 0.25) is 0 Å². The van der Waals surface area contributed by atoms with Crippen molar-refractivity contribution in [2.24, 2.45) is 0 Å². The van der Waals surface area contributed by atoms with Crippen LogP contribution in [0.1, 0.15) is 11.5 Å². The number of ether oxygens (including phenoxy) is 1. The van der Waals surface area contributed by atoms with E-state index in [0.29, 0.717) is 11.5 Å². The number of halogens is 3. The Hall–Kier alpha value is -1.37. The van der Waals surface area contributed by atoms with Gasteiger partial charge in [0.1, 0.15) is 12.4 Å². The van der Waals surface area contributed by atoms with Crippen LogP contribution in [0.4, 0.5) is 13.2 Å². The standard InChI is InChI=1S/C9H11F3N2O2/c1-6-4-8(15)14-7(13-6)2-3-16-5-9(10,11)12/h4H,2-3,5H2,1H3,(H,13,14,15). The number of alkyl halides is 3. The summed E-state index contributed by atoms with van der Waals surface area (Å²) in [7, 11) is 0. The lowest BCUT2D eigenvalue weighted by atomic mass is 10.4. The molecule has 0 aliphatic rings. The van der Waals surface area contributed by atoms with Gasteiger partial charge in [0.15, 0.2) is 0 Å². The van der Waals surface area contributed by atoms with Crippen LogP contribution in [0.15, 0.2) is 10.9 Å². The van der Waals surface area contributed by atoms with Crippen molar-refractivity contribution in [2.75, 3.05) is 13.2 Å². The predicted octanol–water partition coefficient (Wildman–Crippen LogP) is 1.20. The molecule has 0 fully saturated rings. The Labute approximate surface area is 89.5 Å². The van der Waals surface area contributed by atoms with Crippen LogP contribution >= 0.6 is 0 Å². The van der Waals surface area contributed by atoms with E-state index in [1.165, 1.54) is 6.07 Å². The highest BCUT2D eigenvalue weighted by Crippen LogP contribution is 2.14. The van der Waals surface area contributed by atoms with E-state index in [0.717, 1.165) is 0 Å². The summed E-state index contributed by atoms with van der Waals surface area (Å²) in [6.45, 7) is 0.213. The second-order valence-electron chi connectivity index (χ2n) is 3.25. The minimum atomic E-state index is -4.33. The van der Waals surface area contributed by atoms with E-state index in [2.05, 4.69) is 14.7 Å². The van der Waals surface area contributed by atoms with Crippen molar-refractivity contribution in [3.05, 3.63) is 27.9 Å². The summed E-state index contributed by atoms with van der Waals surface area (Å²) in [5.74, 6) is 0.326. The summed E-state index contributed by atoms with van der Waals surface area (Å²) in [6, 6.07) is 1.31. The molecule has 0 amide bonds. The lowest BCUT2D eigenvalue weighted by Crippen LogP contribution is -2.19. The largest absolute Gasteiger partial charge is 0.411 e. The van der Waals surface area contributed by atoms with Gasteiger partial charge in [-0.25, -0.2) is 4.98 Å². The molecule has 0 atom stereocenters. The smallest absolute Gasteiger partial charge is 0.372 e. The van der Waals surface area contributed by atoms with Crippen molar-refractivity contribution in [3.8, 4) is 0 Å². The van der Waals surface area contributed by atoms with E-state index in [-0.39, 0.29) is 18.6 Å². The van der Waals surface area contributed by atoms with E-state index in [9.17, 15) is 18.0 Å². The van der Waals surface area contributed by atoms with Crippen LogP contribution in [0.25, 0.3) is 0 Å². The highest BCUT2D eigenvalue weighted by atomic mass is 19.4. The maximum Gasteiger partial charge on any atom is 0.411 e. The highest BCUT2D eigenvalue weighted by molar-refractivity contribution is 5.00. The van der Waals surface area contributed by atoms with Crippen molar-refractivity contribution in [2.45, 2.75) is 19.5 Å². The molecule has 1 rings (SSSR count). The number of rotatable bonds is 4. The van der Waals surface area contributed by atoms with Crippen molar-refractivity contribution in [1.82, 2.24) is 9.97 Å². The predicted molar refractivity (Wildman–Crippen MR) is 50.2 cm³/mol. The number of aryl methyl sites for hydroxylation is 1. The van der Waals surface area contributed by atoms with Gasteiger partial charge < -0.3 is 9.72 Å². The first-order valence-electron chi connectivity index (χ1n) is 4.58. The molecule has 0 radical (unpaired) electrons. The van der Waals surface area contributed by atoms with Crippen molar-refractivity contribution >= 4 is 0 Å². The van der Waals surface area contributed by atoms with Crippen molar-refractivity contribution in [1.29, 1.82) is 0 Å². The Kier molecular flexibility index (Phi) is 4.05. The first-order chi connectivity index (χ1) is 7.37. The molecule has 90 valence electrons. The van der Waals surface area contributed by atoms with Crippen LogP contribution in [0, 0.1) is 6.92 Å². The van der Waals surface area contributed by atoms with Crippen molar-refractivity contribution in [3.63, 3.8) is 0 Å². The van der Waals surface area contributed by atoms with Crippen LogP contribution in [0.5, 0.6) is 0 Å². The SMILES string of the molecule is Cc1cc(=O)[nH]c(CCOCC(F)(F)F)n1. The van der Waals surface area contributed by atoms with E-state index in [4.69, 9.17) is 0 Å². The van der Waals surface area contributed by atoms with E-state index in [1.807, 2.05) is 0 Å². The van der Waals surface area contributed by atoms with E-state index >= 15 is 0 Å². The molecule has 0 bridgehead atoms. The Morgan fingerprint density at radius 3 is 2.75 bits per heavy atom. The maximum atomic E-state index is 11.7. The third-order valence-corrected chi connectivity index (χ3v) is 1.67. The summed E-state index contributed by atoms with van der Waals surface area (Å²) in [5.41, 5.74) is 0.202. The Morgan fingerprint density at radius 1 is 1.50 bits per heavy atom. The molecule has 0 saturated carbocycles. The minimum absolute atomic E-state index is 0.133. The number of hydrogen-bond acceptors (Lipinski definition) is 3. The molecular formula is C9H11F3N2O2.